The largest absolute Gasteiger partial charge is 0.495 e. The van der Waals surface area contributed by atoms with E-state index >= 15 is 0 Å². The fourth-order valence-corrected chi connectivity index (χ4v) is 4.50. The summed E-state index contributed by atoms with van der Waals surface area (Å²) < 4.78 is 10.7. The van der Waals surface area contributed by atoms with Gasteiger partial charge in [-0.1, -0.05) is 41.4 Å². The fourth-order valence-electron chi connectivity index (χ4n) is 3.90. The second-order valence-electron chi connectivity index (χ2n) is 8.30. The molecule has 196 valence electrons. The van der Waals surface area contributed by atoms with E-state index in [0.29, 0.717) is 46.5 Å². The number of benzene rings is 2. The van der Waals surface area contributed by atoms with Crippen LogP contribution in [0.2, 0.25) is 10.0 Å². The van der Waals surface area contributed by atoms with Crippen LogP contribution in [-0.4, -0.2) is 35.1 Å². The van der Waals surface area contributed by atoms with E-state index in [9.17, 15) is 4.79 Å². The minimum Gasteiger partial charge on any atom is -0.495 e. The second-order valence-corrected chi connectivity index (χ2v) is 9.05. The number of hydrogen-bond donors (Lipinski definition) is 3. The van der Waals surface area contributed by atoms with E-state index < -0.39 is 0 Å². The number of primary amides is 1. The number of methoxy groups -OCH3 is 2. The van der Waals surface area contributed by atoms with E-state index in [1.54, 1.807) is 18.3 Å². The Morgan fingerprint density at radius 2 is 1.68 bits per heavy atom. The van der Waals surface area contributed by atoms with Crippen LogP contribution in [0, 0.1) is 6.92 Å². The van der Waals surface area contributed by atoms with Crippen LogP contribution >= 0.6 is 23.2 Å². The zero-order valence-corrected chi connectivity index (χ0v) is 22.5. The first kappa shape index (κ1) is 27.0. The van der Waals surface area contributed by atoms with Crippen molar-refractivity contribution < 1.29 is 14.3 Å². The quantitative estimate of drug-likeness (QED) is 0.216. The van der Waals surface area contributed by atoms with E-state index in [4.69, 9.17) is 38.4 Å². The zero-order chi connectivity index (χ0) is 27.2. The maximum Gasteiger partial charge on any atom is 0.217 e. The molecule has 0 radical (unpaired) electrons. The lowest BCUT2D eigenvalue weighted by molar-refractivity contribution is -0.117. The van der Waals surface area contributed by atoms with Crippen molar-refractivity contribution in [1.29, 1.82) is 0 Å². The summed E-state index contributed by atoms with van der Waals surface area (Å²) in [5.41, 5.74) is 9.87. The van der Waals surface area contributed by atoms with Gasteiger partial charge in [0.25, 0.3) is 0 Å². The number of ether oxygens (including phenoxy) is 2. The minimum absolute atomic E-state index is 0.248. The molecule has 4 N–H and O–H groups in total. The summed E-state index contributed by atoms with van der Waals surface area (Å²) in [6, 6.07) is 13.0. The summed E-state index contributed by atoms with van der Waals surface area (Å²) in [5.74, 6) is 1.47. The van der Waals surface area contributed by atoms with Crippen molar-refractivity contribution in [2.45, 2.75) is 19.8 Å². The maximum absolute atomic E-state index is 11.3. The molecule has 2 aromatic heterocycles. The number of amides is 1. The Hall–Kier alpha value is -4.08. The van der Waals surface area contributed by atoms with Gasteiger partial charge in [0.2, 0.25) is 5.91 Å². The summed E-state index contributed by atoms with van der Waals surface area (Å²) in [7, 11) is 3.02. The highest BCUT2D eigenvalue weighted by atomic mass is 35.5. The van der Waals surface area contributed by atoms with Gasteiger partial charge >= 0.3 is 0 Å². The number of carbonyl (C=O) groups is 1. The molecule has 0 saturated carbocycles. The minimum atomic E-state index is -0.354. The summed E-state index contributed by atoms with van der Waals surface area (Å²) in [4.78, 5) is 24.7. The number of nitrogens with one attached hydrogen (secondary N) is 2. The number of anilines is 4. The third-order valence-corrected chi connectivity index (χ3v) is 6.57. The van der Waals surface area contributed by atoms with Crippen LogP contribution in [-0.2, 0) is 11.2 Å². The number of nitrogens with zero attached hydrogens (tertiary/aromatic N) is 3. The molecule has 38 heavy (non-hydrogen) atoms. The number of aromatic nitrogens is 3. The molecule has 4 rings (SSSR count). The van der Waals surface area contributed by atoms with Gasteiger partial charge in [-0.3, -0.25) is 4.79 Å². The molecule has 0 aliphatic carbocycles. The number of nitrogens with two attached hydrogens (primary N) is 1. The van der Waals surface area contributed by atoms with Crippen LogP contribution in [0.25, 0.3) is 11.3 Å². The Kier molecular flexibility index (Phi) is 8.50. The molecule has 0 spiro atoms. The normalized spacial score (nSPS) is 10.7. The van der Waals surface area contributed by atoms with E-state index in [-0.39, 0.29) is 22.4 Å². The maximum atomic E-state index is 11.3. The topological polar surface area (TPSA) is 124 Å². The smallest absolute Gasteiger partial charge is 0.217 e. The Morgan fingerprint density at radius 3 is 2.37 bits per heavy atom. The first-order valence-electron chi connectivity index (χ1n) is 11.6. The van der Waals surface area contributed by atoms with Crippen molar-refractivity contribution in [2.75, 3.05) is 24.9 Å². The van der Waals surface area contributed by atoms with Crippen LogP contribution < -0.4 is 25.8 Å². The Morgan fingerprint density at radius 1 is 0.947 bits per heavy atom. The summed E-state index contributed by atoms with van der Waals surface area (Å²) in [6.07, 6.45) is 3.87. The first-order valence-corrected chi connectivity index (χ1v) is 12.4. The molecule has 0 bridgehead atoms. The Balaban J connectivity index is 1.70. The molecule has 2 aromatic carbocycles. The molecule has 0 atom stereocenters. The van der Waals surface area contributed by atoms with Crippen LogP contribution in [0.5, 0.6) is 11.5 Å². The van der Waals surface area contributed by atoms with Crippen molar-refractivity contribution in [1.82, 2.24) is 15.0 Å². The van der Waals surface area contributed by atoms with Gasteiger partial charge < -0.3 is 25.8 Å². The van der Waals surface area contributed by atoms with Crippen molar-refractivity contribution in [3.63, 3.8) is 0 Å². The van der Waals surface area contributed by atoms with E-state index in [1.807, 2.05) is 37.3 Å². The van der Waals surface area contributed by atoms with Gasteiger partial charge in [-0.25, -0.2) is 15.0 Å². The SMILES string of the molecule is COc1cc(OC)c(Cl)c(Nc2ncccc2-c2cc(Nc3c(C)cccc3CCC(N)=O)ncn2)c1Cl. The second kappa shape index (κ2) is 12.0. The van der Waals surface area contributed by atoms with Crippen molar-refractivity contribution in [2.24, 2.45) is 5.73 Å². The number of halogens is 2. The summed E-state index contributed by atoms with van der Waals surface area (Å²) in [5, 5.41) is 7.15. The molecule has 0 aliphatic rings. The molecular weight excluding hydrogens is 527 g/mol. The van der Waals surface area contributed by atoms with Crippen LogP contribution in [0.1, 0.15) is 17.5 Å². The molecule has 0 aliphatic heterocycles. The third kappa shape index (κ3) is 5.90. The number of rotatable bonds is 10. The number of aryl methyl sites for hydroxylation is 2. The Labute approximate surface area is 230 Å². The summed E-state index contributed by atoms with van der Waals surface area (Å²) >= 11 is 13.1. The molecule has 0 unspecified atom stereocenters. The third-order valence-electron chi connectivity index (χ3n) is 5.82. The van der Waals surface area contributed by atoms with Crippen molar-refractivity contribution in [3.05, 3.63) is 76.2 Å². The van der Waals surface area contributed by atoms with Gasteiger partial charge in [-0.15, -0.1) is 0 Å². The lowest BCUT2D eigenvalue weighted by atomic mass is 10.0. The predicted molar refractivity (Wildman–Crippen MR) is 150 cm³/mol. The van der Waals surface area contributed by atoms with E-state index in [1.165, 1.54) is 20.5 Å². The molecular formula is C27H26Cl2N6O3. The number of pyridine rings is 1. The van der Waals surface area contributed by atoms with Crippen LogP contribution in [0.15, 0.2) is 55.0 Å². The van der Waals surface area contributed by atoms with Crippen molar-refractivity contribution >= 4 is 52.1 Å². The van der Waals surface area contributed by atoms with Crippen LogP contribution in [0.4, 0.5) is 23.0 Å². The fraction of sp³-hybridized carbons (Fsp3) is 0.185. The van der Waals surface area contributed by atoms with Gasteiger partial charge in [-0.05, 0) is 36.6 Å². The van der Waals surface area contributed by atoms with Gasteiger partial charge in [0, 0.05) is 36.0 Å². The van der Waals surface area contributed by atoms with Gasteiger partial charge in [0.1, 0.15) is 39.5 Å². The van der Waals surface area contributed by atoms with Gasteiger partial charge in [0.15, 0.2) is 0 Å². The van der Waals surface area contributed by atoms with E-state index in [2.05, 4.69) is 25.6 Å². The van der Waals surface area contributed by atoms with Gasteiger partial charge in [0.05, 0.1) is 25.6 Å². The molecule has 9 nitrogen and oxygen atoms in total. The van der Waals surface area contributed by atoms with Crippen LogP contribution in [0.3, 0.4) is 0 Å². The highest BCUT2D eigenvalue weighted by Crippen LogP contribution is 2.45. The molecule has 1 amide bonds. The Bertz CT molecular complexity index is 1450. The number of hydrogen-bond acceptors (Lipinski definition) is 8. The average molecular weight is 553 g/mol. The molecule has 11 heteroatoms. The standard InChI is InChI=1S/C27H26Cl2N6O3/c1-15-6-4-7-16(9-10-21(30)36)25(15)34-22-12-18(32-14-33-22)17-8-5-11-31-27(17)35-26-23(28)19(37-2)13-20(38-3)24(26)29/h4-8,11-14H,9-10H2,1-3H3,(H2,30,36)(H,31,35)(H,32,33,34). The lowest BCUT2D eigenvalue weighted by Crippen LogP contribution is -2.12. The number of carbonyl (C=O) groups excluding carboxylic acids is 1. The lowest BCUT2D eigenvalue weighted by Gasteiger charge is -2.17. The average Bonchev–Trinajstić information content (AvgIpc) is 2.92. The predicted octanol–water partition coefficient (Wildman–Crippen LogP) is 6.08. The molecule has 4 aromatic rings. The zero-order valence-electron chi connectivity index (χ0n) is 21.0. The first-order chi connectivity index (χ1) is 18.3. The number of para-hydroxylation sites is 1. The highest BCUT2D eigenvalue weighted by Gasteiger charge is 2.20. The molecule has 0 fully saturated rings. The van der Waals surface area contributed by atoms with Crippen molar-refractivity contribution in [3.8, 4) is 22.8 Å². The molecule has 0 saturated heterocycles. The summed E-state index contributed by atoms with van der Waals surface area (Å²) in [6.45, 7) is 1.98. The highest BCUT2D eigenvalue weighted by molar-refractivity contribution is 6.41. The van der Waals surface area contributed by atoms with Gasteiger partial charge in [-0.2, -0.15) is 0 Å². The monoisotopic (exact) mass is 552 g/mol. The van der Waals surface area contributed by atoms with E-state index in [0.717, 1.165) is 16.8 Å². The molecule has 2 heterocycles.